The highest BCUT2D eigenvalue weighted by Gasteiger charge is 2.36. The van der Waals surface area contributed by atoms with Gasteiger partial charge in [0.15, 0.2) is 0 Å². The van der Waals surface area contributed by atoms with E-state index in [4.69, 9.17) is 0 Å². The van der Waals surface area contributed by atoms with Crippen molar-refractivity contribution < 1.29 is 4.79 Å². The van der Waals surface area contributed by atoms with E-state index in [1.807, 2.05) is 4.90 Å². The predicted molar refractivity (Wildman–Crippen MR) is 64.2 cm³/mol. The first-order chi connectivity index (χ1) is 7.59. The number of nitrogens with zero attached hydrogens (tertiary/aromatic N) is 2. The van der Waals surface area contributed by atoms with Gasteiger partial charge >= 0.3 is 0 Å². The van der Waals surface area contributed by atoms with Gasteiger partial charge in [-0.15, -0.1) is 0 Å². The number of nitrogens with one attached hydrogen (secondary N) is 1. The van der Waals surface area contributed by atoms with Gasteiger partial charge in [-0.05, 0) is 39.4 Å². The first-order valence-electron chi connectivity index (χ1n) is 6.28. The molecule has 92 valence electrons. The van der Waals surface area contributed by atoms with Gasteiger partial charge in [-0.3, -0.25) is 4.79 Å². The normalized spacial score (nSPS) is 35.0. The van der Waals surface area contributed by atoms with Crippen molar-refractivity contribution in [2.75, 3.05) is 33.7 Å². The van der Waals surface area contributed by atoms with Gasteiger partial charge in [0.2, 0.25) is 5.91 Å². The Kier molecular flexibility index (Phi) is 3.50. The second-order valence-corrected chi connectivity index (χ2v) is 5.40. The van der Waals surface area contributed by atoms with Gasteiger partial charge in [0.1, 0.15) is 0 Å². The molecule has 2 aliphatic heterocycles. The summed E-state index contributed by atoms with van der Waals surface area (Å²) in [5.41, 5.74) is 0. The van der Waals surface area contributed by atoms with Gasteiger partial charge in [0, 0.05) is 19.1 Å². The van der Waals surface area contributed by atoms with Crippen molar-refractivity contribution in [2.45, 2.75) is 31.8 Å². The standard InChI is InChI=1S/C12H23N3O/c1-9-7-15(8-11(9)14(2)3)12(16)10-5-4-6-13-10/h9-11,13H,4-8H2,1-3H3/t9?,10-,11?/m1/s1. The van der Waals surface area contributed by atoms with E-state index in [1.54, 1.807) is 0 Å². The summed E-state index contributed by atoms with van der Waals surface area (Å²) in [5, 5.41) is 3.29. The van der Waals surface area contributed by atoms with E-state index in [0.717, 1.165) is 32.5 Å². The number of hydrogen-bond donors (Lipinski definition) is 1. The van der Waals surface area contributed by atoms with E-state index in [-0.39, 0.29) is 6.04 Å². The maximum absolute atomic E-state index is 12.2. The minimum atomic E-state index is 0.0908. The number of likely N-dealkylation sites (tertiary alicyclic amines) is 1. The number of amides is 1. The molecule has 0 aromatic carbocycles. The Hall–Kier alpha value is -0.610. The Labute approximate surface area is 98.0 Å². The molecule has 0 spiro atoms. The van der Waals surface area contributed by atoms with E-state index < -0.39 is 0 Å². The topological polar surface area (TPSA) is 35.6 Å². The van der Waals surface area contributed by atoms with Crippen LogP contribution in [0.5, 0.6) is 0 Å². The summed E-state index contributed by atoms with van der Waals surface area (Å²) in [6, 6.07) is 0.610. The maximum Gasteiger partial charge on any atom is 0.239 e. The Bertz CT molecular complexity index is 261. The van der Waals surface area contributed by atoms with Gasteiger partial charge in [-0.25, -0.2) is 0 Å². The summed E-state index contributed by atoms with van der Waals surface area (Å²) in [6.07, 6.45) is 2.15. The van der Waals surface area contributed by atoms with Crippen molar-refractivity contribution in [3.8, 4) is 0 Å². The lowest BCUT2D eigenvalue weighted by Crippen LogP contribution is -2.43. The van der Waals surface area contributed by atoms with Crippen molar-refractivity contribution >= 4 is 5.91 Å². The smallest absolute Gasteiger partial charge is 0.239 e. The van der Waals surface area contributed by atoms with Gasteiger partial charge in [0.25, 0.3) is 0 Å². The molecule has 1 amide bonds. The summed E-state index contributed by atoms with van der Waals surface area (Å²) in [4.78, 5) is 16.5. The summed E-state index contributed by atoms with van der Waals surface area (Å²) in [6.45, 7) is 5.04. The molecule has 4 heteroatoms. The SMILES string of the molecule is CC1CN(C(=O)[C@H]2CCCN2)CC1N(C)C. The average Bonchev–Trinajstić information content (AvgIpc) is 2.84. The van der Waals surface area contributed by atoms with Crippen molar-refractivity contribution in [1.29, 1.82) is 0 Å². The fraction of sp³-hybridized carbons (Fsp3) is 0.917. The minimum Gasteiger partial charge on any atom is -0.339 e. The summed E-state index contributed by atoms with van der Waals surface area (Å²) >= 11 is 0. The van der Waals surface area contributed by atoms with Crippen LogP contribution in [0.1, 0.15) is 19.8 Å². The fourth-order valence-electron chi connectivity index (χ4n) is 2.92. The van der Waals surface area contributed by atoms with Crippen LogP contribution in [0.4, 0.5) is 0 Å². The molecule has 16 heavy (non-hydrogen) atoms. The van der Waals surface area contributed by atoms with Gasteiger partial charge in [0.05, 0.1) is 6.04 Å². The number of carbonyl (C=O) groups is 1. The van der Waals surface area contributed by atoms with E-state index in [9.17, 15) is 4.79 Å². The molecule has 0 aromatic rings. The van der Waals surface area contributed by atoms with Gasteiger partial charge < -0.3 is 15.1 Å². The van der Waals surface area contributed by atoms with Gasteiger partial charge in [-0.1, -0.05) is 6.92 Å². The van der Waals surface area contributed by atoms with Gasteiger partial charge in [-0.2, -0.15) is 0 Å². The Morgan fingerprint density at radius 1 is 1.38 bits per heavy atom. The van der Waals surface area contributed by atoms with Crippen LogP contribution in [0.25, 0.3) is 0 Å². The second-order valence-electron chi connectivity index (χ2n) is 5.40. The average molecular weight is 225 g/mol. The van der Waals surface area contributed by atoms with E-state index in [0.29, 0.717) is 17.9 Å². The first-order valence-corrected chi connectivity index (χ1v) is 6.28. The van der Waals surface area contributed by atoms with Crippen LogP contribution in [0.2, 0.25) is 0 Å². The van der Waals surface area contributed by atoms with Crippen LogP contribution >= 0.6 is 0 Å². The lowest BCUT2D eigenvalue weighted by molar-refractivity contribution is -0.132. The third-order valence-corrected chi connectivity index (χ3v) is 3.91. The molecule has 0 bridgehead atoms. The molecular weight excluding hydrogens is 202 g/mol. The second kappa shape index (κ2) is 4.72. The number of rotatable bonds is 2. The fourth-order valence-corrected chi connectivity index (χ4v) is 2.92. The molecular formula is C12H23N3O. The third kappa shape index (κ3) is 2.23. The van der Waals surface area contributed by atoms with Crippen LogP contribution in [0.15, 0.2) is 0 Å². The highest BCUT2D eigenvalue weighted by molar-refractivity contribution is 5.82. The van der Waals surface area contributed by atoms with Crippen LogP contribution < -0.4 is 5.32 Å². The van der Waals surface area contributed by atoms with Crippen molar-refractivity contribution in [3.63, 3.8) is 0 Å². The molecule has 3 atom stereocenters. The molecule has 2 saturated heterocycles. The molecule has 0 aliphatic carbocycles. The Morgan fingerprint density at radius 2 is 2.12 bits per heavy atom. The van der Waals surface area contributed by atoms with Crippen LogP contribution in [0, 0.1) is 5.92 Å². The molecule has 0 aromatic heterocycles. The Balaban J connectivity index is 1.94. The Morgan fingerprint density at radius 3 is 2.62 bits per heavy atom. The van der Waals surface area contributed by atoms with Crippen molar-refractivity contribution in [1.82, 2.24) is 15.1 Å². The van der Waals surface area contributed by atoms with Crippen LogP contribution in [0.3, 0.4) is 0 Å². The highest BCUT2D eigenvalue weighted by atomic mass is 16.2. The predicted octanol–water partition coefficient (Wildman–Crippen LogP) is 0.147. The number of hydrogen-bond acceptors (Lipinski definition) is 3. The molecule has 2 unspecified atom stereocenters. The van der Waals surface area contributed by atoms with E-state index in [1.165, 1.54) is 0 Å². The zero-order valence-corrected chi connectivity index (χ0v) is 10.6. The molecule has 0 radical (unpaired) electrons. The zero-order valence-electron chi connectivity index (χ0n) is 10.6. The number of carbonyl (C=O) groups excluding carboxylic acids is 1. The molecule has 2 rings (SSSR count). The molecule has 2 aliphatic rings. The summed E-state index contributed by atoms with van der Waals surface area (Å²) in [5.74, 6) is 0.897. The van der Waals surface area contributed by atoms with Crippen molar-refractivity contribution in [3.05, 3.63) is 0 Å². The molecule has 2 heterocycles. The number of likely N-dealkylation sites (N-methyl/N-ethyl adjacent to an activating group) is 1. The summed E-state index contributed by atoms with van der Waals surface area (Å²) < 4.78 is 0. The minimum absolute atomic E-state index is 0.0908. The largest absolute Gasteiger partial charge is 0.339 e. The van der Waals surface area contributed by atoms with E-state index >= 15 is 0 Å². The van der Waals surface area contributed by atoms with Crippen molar-refractivity contribution in [2.24, 2.45) is 5.92 Å². The lowest BCUT2D eigenvalue weighted by atomic mass is 10.1. The monoisotopic (exact) mass is 225 g/mol. The lowest BCUT2D eigenvalue weighted by Gasteiger charge is -2.23. The van der Waals surface area contributed by atoms with E-state index in [2.05, 4.69) is 31.2 Å². The highest BCUT2D eigenvalue weighted by Crippen LogP contribution is 2.21. The van der Waals surface area contributed by atoms with Crippen LogP contribution in [-0.4, -0.2) is 61.5 Å². The van der Waals surface area contributed by atoms with Crippen LogP contribution in [-0.2, 0) is 4.79 Å². The quantitative estimate of drug-likeness (QED) is 0.726. The first kappa shape index (κ1) is 11.9. The third-order valence-electron chi connectivity index (χ3n) is 3.91. The molecule has 1 N–H and O–H groups in total. The zero-order chi connectivity index (χ0) is 11.7. The molecule has 4 nitrogen and oxygen atoms in total. The maximum atomic E-state index is 12.2. The molecule has 0 saturated carbocycles. The summed E-state index contributed by atoms with van der Waals surface area (Å²) in [7, 11) is 4.20. The molecule has 2 fully saturated rings.